The highest BCUT2D eigenvalue weighted by molar-refractivity contribution is 6.07. The highest BCUT2D eigenvalue weighted by Crippen LogP contribution is 2.13. The lowest BCUT2D eigenvalue weighted by atomic mass is 10.1. The van der Waals surface area contributed by atoms with Crippen LogP contribution in [0.25, 0.3) is 0 Å². The fourth-order valence-corrected chi connectivity index (χ4v) is 2.13. The van der Waals surface area contributed by atoms with Crippen LogP contribution in [0, 0.1) is 10.1 Å². The van der Waals surface area contributed by atoms with Gasteiger partial charge in [-0.1, -0.05) is 47.7 Å². The van der Waals surface area contributed by atoms with Gasteiger partial charge in [0.2, 0.25) is 5.78 Å². The molecule has 0 N–H and O–H groups in total. The molecule has 2 aromatic carbocycles. The third-order valence-electron chi connectivity index (χ3n) is 3.30. The molecule has 0 aliphatic rings. The molecule has 0 aliphatic heterocycles. The average Bonchev–Trinajstić information content (AvgIpc) is 3.04. The first kappa shape index (κ1) is 14.6. The summed E-state index contributed by atoms with van der Waals surface area (Å²) < 4.78 is 1.53. The number of benzene rings is 2. The van der Waals surface area contributed by atoms with Crippen LogP contribution in [0.4, 0.5) is 5.69 Å². The summed E-state index contributed by atoms with van der Waals surface area (Å²) in [6.45, 7) is 0.382. The Labute approximate surface area is 131 Å². The normalized spacial score (nSPS) is 10.4. The Morgan fingerprint density at radius 3 is 2.43 bits per heavy atom. The maximum Gasteiger partial charge on any atom is 0.269 e. The molecule has 0 saturated heterocycles. The third-order valence-corrected chi connectivity index (χ3v) is 3.30. The molecule has 0 saturated carbocycles. The standard InChI is InChI=1S/C16H12N4O3/c21-16(13-4-2-1-3-5-13)15-11-19(18-17-15)10-12-6-8-14(9-7-12)20(22)23/h1-9,11H,10H2. The predicted octanol–water partition coefficient (Wildman–Crippen LogP) is 2.47. The summed E-state index contributed by atoms with van der Waals surface area (Å²) in [5.74, 6) is -0.194. The van der Waals surface area contributed by atoms with E-state index in [2.05, 4.69) is 10.3 Å². The van der Waals surface area contributed by atoms with Crippen LogP contribution in [0.5, 0.6) is 0 Å². The number of hydrogen-bond acceptors (Lipinski definition) is 5. The van der Waals surface area contributed by atoms with E-state index in [1.807, 2.05) is 6.07 Å². The van der Waals surface area contributed by atoms with E-state index >= 15 is 0 Å². The Kier molecular flexibility index (Phi) is 3.92. The molecule has 1 heterocycles. The number of hydrogen-bond donors (Lipinski definition) is 0. The molecule has 114 valence electrons. The second-order valence-electron chi connectivity index (χ2n) is 4.92. The summed E-state index contributed by atoms with van der Waals surface area (Å²) in [6, 6.07) is 15.0. The van der Waals surface area contributed by atoms with Crippen LogP contribution >= 0.6 is 0 Å². The van der Waals surface area contributed by atoms with Crippen molar-refractivity contribution in [3.8, 4) is 0 Å². The predicted molar refractivity (Wildman–Crippen MR) is 82.1 cm³/mol. The lowest BCUT2D eigenvalue weighted by molar-refractivity contribution is -0.384. The van der Waals surface area contributed by atoms with Gasteiger partial charge in [-0.2, -0.15) is 0 Å². The molecule has 0 bridgehead atoms. The van der Waals surface area contributed by atoms with Crippen LogP contribution in [0.15, 0.2) is 60.8 Å². The fraction of sp³-hybridized carbons (Fsp3) is 0.0625. The Morgan fingerprint density at radius 2 is 1.78 bits per heavy atom. The van der Waals surface area contributed by atoms with E-state index in [0.29, 0.717) is 12.1 Å². The van der Waals surface area contributed by atoms with Crippen LogP contribution in [-0.4, -0.2) is 25.7 Å². The molecule has 0 amide bonds. The van der Waals surface area contributed by atoms with Crippen molar-refractivity contribution in [3.63, 3.8) is 0 Å². The number of nitro benzene ring substituents is 1. The number of nitrogens with zero attached hydrogens (tertiary/aromatic N) is 4. The van der Waals surface area contributed by atoms with Gasteiger partial charge in [0, 0.05) is 17.7 Å². The number of carbonyl (C=O) groups excluding carboxylic acids is 1. The van der Waals surface area contributed by atoms with Crippen LogP contribution < -0.4 is 0 Å². The minimum Gasteiger partial charge on any atom is -0.287 e. The number of ketones is 1. The zero-order chi connectivity index (χ0) is 16.2. The summed E-state index contributed by atoms with van der Waals surface area (Å²) in [5.41, 5.74) is 1.68. The van der Waals surface area contributed by atoms with E-state index in [9.17, 15) is 14.9 Å². The molecule has 0 atom stereocenters. The van der Waals surface area contributed by atoms with Gasteiger partial charge in [0.05, 0.1) is 17.7 Å². The molecule has 7 nitrogen and oxygen atoms in total. The van der Waals surface area contributed by atoms with Gasteiger partial charge < -0.3 is 0 Å². The Balaban J connectivity index is 1.74. The van der Waals surface area contributed by atoms with Gasteiger partial charge >= 0.3 is 0 Å². The fourth-order valence-electron chi connectivity index (χ4n) is 2.13. The second-order valence-corrected chi connectivity index (χ2v) is 4.92. The number of aromatic nitrogens is 3. The van der Waals surface area contributed by atoms with Crippen molar-refractivity contribution in [2.24, 2.45) is 0 Å². The van der Waals surface area contributed by atoms with Crippen molar-refractivity contribution in [2.75, 3.05) is 0 Å². The smallest absolute Gasteiger partial charge is 0.269 e. The molecule has 0 spiro atoms. The molecular formula is C16H12N4O3. The maximum atomic E-state index is 12.2. The van der Waals surface area contributed by atoms with Gasteiger partial charge in [-0.05, 0) is 5.56 Å². The molecule has 0 aliphatic carbocycles. The molecule has 0 fully saturated rings. The Morgan fingerprint density at radius 1 is 1.09 bits per heavy atom. The topological polar surface area (TPSA) is 90.9 Å². The summed E-state index contributed by atoms with van der Waals surface area (Å²) in [5, 5.41) is 18.4. The van der Waals surface area contributed by atoms with Crippen molar-refractivity contribution < 1.29 is 9.72 Å². The minimum absolute atomic E-state index is 0.0345. The summed E-state index contributed by atoms with van der Waals surface area (Å²) in [6.07, 6.45) is 1.57. The first-order valence-corrected chi connectivity index (χ1v) is 6.87. The van der Waals surface area contributed by atoms with Gasteiger partial charge in [0.25, 0.3) is 5.69 Å². The lowest BCUT2D eigenvalue weighted by Crippen LogP contribution is -2.02. The minimum atomic E-state index is -0.449. The van der Waals surface area contributed by atoms with Crippen molar-refractivity contribution in [1.29, 1.82) is 0 Å². The van der Waals surface area contributed by atoms with Gasteiger partial charge in [-0.3, -0.25) is 14.9 Å². The number of carbonyl (C=O) groups is 1. The number of rotatable bonds is 5. The van der Waals surface area contributed by atoms with Gasteiger partial charge in [0.15, 0.2) is 5.69 Å². The van der Waals surface area contributed by atoms with Crippen molar-refractivity contribution >= 4 is 11.5 Å². The quantitative estimate of drug-likeness (QED) is 0.410. The molecule has 7 heteroatoms. The zero-order valence-corrected chi connectivity index (χ0v) is 12.0. The largest absolute Gasteiger partial charge is 0.287 e. The van der Waals surface area contributed by atoms with Gasteiger partial charge in [-0.15, -0.1) is 5.10 Å². The number of non-ortho nitro benzene ring substituents is 1. The van der Waals surface area contributed by atoms with Crippen LogP contribution in [0.3, 0.4) is 0 Å². The molecule has 23 heavy (non-hydrogen) atoms. The van der Waals surface area contributed by atoms with Crippen LogP contribution in [-0.2, 0) is 6.54 Å². The molecule has 3 rings (SSSR count). The zero-order valence-electron chi connectivity index (χ0n) is 12.0. The molecule has 0 radical (unpaired) electrons. The Hall–Kier alpha value is -3.35. The summed E-state index contributed by atoms with van der Waals surface area (Å²) >= 11 is 0. The molecule has 3 aromatic rings. The average molecular weight is 308 g/mol. The lowest BCUT2D eigenvalue weighted by Gasteiger charge is -2.00. The first-order valence-electron chi connectivity index (χ1n) is 6.87. The monoisotopic (exact) mass is 308 g/mol. The van der Waals surface area contributed by atoms with E-state index in [1.54, 1.807) is 42.6 Å². The van der Waals surface area contributed by atoms with E-state index in [4.69, 9.17) is 0 Å². The van der Waals surface area contributed by atoms with Crippen LogP contribution in [0.2, 0.25) is 0 Å². The van der Waals surface area contributed by atoms with Gasteiger partial charge in [-0.25, -0.2) is 4.68 Å². The summed E-state index contributed by atoms with van der Waals surface area (Å²) in [4.78, 5) is 22.4. The van der Waals surface area contributed by atoms with Crippen molar-refractivity contribution in [3.05, 3.63) is 87.7 Å². The third kappa shape index (κ3) is 3.29. The van der Waals surface area contributed by atoms with Crippen LogP contribution in [0.1, 0.15) is 21.6 Å². The van der Waals surface area contributed by atoms with Gasteiger partial charge in [0.1, 0.15) is 0 Å². The van der Waals surface area contributed by atoms with E-state index in [0.717, 1.165) is 5.56 Å². The molecule has 0 unspecified atom stereocenters. The second kappa shape index (κ2) is 6.18. The number of nitro groups is 1. The summed E-state index contributed by atoms with van der Waals surface area (Å²) in [7, 11) is 0. The molecular weight excluding hydrogens is 296 g/mol. The molecule has 1 aromatic heterocycles. The Bertz CT molecular complexity index is 841. The van der Waals surface area contributed by atoms with Crippen molar-refractivity contribution in [1.82, 2.24) is 15.0 Å². The highest BCUT2D eigenvalue weighted by atomic mass is 16.6. The van der Waals surface area contributed by atoms with E-state index in [1.165, 1.54) is 16.8 Å². The SMILES string of the molecule is O=C(c1ccccc1)c1cn(Cc2ccc([N+](=O)[O-])cc2)nn1. The maximum absolute atomic E-state index is 12.2. The van der Waals surface area contributed by atoms with E-state index in [-0.39, 0.29) is 17.2 Å². The van der Waals surface area contributed by atoms with Crippen molar-refractivity contribution in [2.45, 2.75) is 6.54 Å². The highest BCUT2D eigenvalue weighted by Gasteiger charge is 2.13. The van der Waals surface area contributed by atoms with E-state index < -0.39 is 4.92 Å². The first-order chi connectivity index (χ1) is 11.1.